The molecule has 150 valence electrons. The van der Waals surface area contributed by atoms with Gasteiger partial charge in [-0.25, -0.2) is 8.42 Å². The van der Waals surface area contributed by atoms with Crippen LogP contribution in [0.2, 0.25) is 0 Å². The number of thioether (sulfide) groups is 1. The van der Waals surface area contributed by atoms with Crippen LogP contribution in [0.25, 0.3) is 0 Å². The maximum atomic E-state index is 12.6. The van der Waals surface area contributed by atoms with E-state index in [2.05, 4.69) is 22.5 Å². The van der Waals surface area contributed by atoms with Gasteiger partial charge in [-0.3, -0.25) is 4.99 Å². The minimum Gasteiger partial charge on any atom is -0.355 e. The summed E-state index contributed by atoms with van der Waals surface area (Å²) in [6.45, 7) is 5.05. The van der Waals surface area contributed by atoms with Crippen LogP contribution in [0.1, 0.15) is 38.2 Å². The van der Waals surface area contributed by atoms with Crippen molar-refractivity contribution in [3.8, 4) is 0 Å². The highest BCUT2D eigenvalue weighted by Gasteiger charge is 2.29. The van der Waals surface area contributed by atoms with Crippen molar-refractivity contribution in [1.29, 1.82) is 0 Å². The summed E-state index contributed by atoms with van der Waals surface area (Å²) in [7, 11) is -1.57. The summed E-state index contributed by atoms with van der Waals surface area (Å²) in [6, 6.07) is 7.16. The second kappa shape index (κ2) is 8.84. The molecule has 0 spiro atoms. The molecule has 2 fully saturated rings. The van der Waals surface area contributed by atoms with E-state index in [-0.39, 0.29) is 4.75 Å². The number of sulfonamides is 1. The van der Waals surface area contributed by atoms with E-state index in [1.165, 1.54) is 18.6 Å². The standard InChI is InChI=1S/C19H30N4O2S2/c1-19(10-5-13-26-19)15-22-18(20-2)21-14-16-6-8-17(9-7-16)27(24,25)23-11-3-4-12-23/h6-9H,3-5,10-15H2,1-2H3,(H2,20,21,22). The second-order valence-corrected chi connectivity index (χ2v) is 11.1. The van der Waals surface area contributed by atoms with Crippen LogP contribution in [0.3, 0.4) is 0 Å². The number of hydrogen-bond donors (Lipinski definition) is 2. The summed E-state index contributed by atoms with van der Waals surface area (Å²) in [5, 5.41) is 6.72. The maximum absolute atomic E-state index is 12.6. The van der Waals surface area contributed by atoms with Crippen molar-refractivity contribution in [2.75, 3.05) is 32.4 Å². The van der Waals surface area contributed by atoms with Gasteiger partial charge in [0.05, 0.1) is 4.90 Å². The Bertz CT molecular complexity index is 750. The van der Waals surface area contributed by atoms with Crippen molar-refractivity contribution in [2.24, 2.45) is 4.99 Å². The van der Waals surface area contributed by atoms with Crippen LogP contribution in [-0.2, 0) is 16.6 Å². The highest BCUT2D eigenvalue weighted by molar-refractivity contribution is 8.00. The number of aliphatic imine (C=N–C) groups is 1. The Morgan fingerprint density at radius 3 is 2.48 bits per heavy atom. The van der Waals surface area contributed by atoms with E-state index in [4.69, 9.17) is 0 Å². The molecule has 1 unspecified atom stereocenters. The Labute approximate surface area is 167 Å². The van der Waals surface area contributed by atoms with Crippen molar-refractivity contribution in [2.45, 2.75) is 48.8 Å². The van der Waals surface area contributed by atoms with Crippen molar-refractivity contribution < 1.29 is 8.42 Å². The molecular weight excluding hydrogens is 380 g/mol. The average molecular weight is 411 g/mol. The molecule has 0 bridgehead atoms. The first kappa shape index (κ1) is 20.5. The largest absolute Gasteiger partial charge is 0.355 e. The fourth-order valence-electron chi connectivity index (χ4n) is 3.51. The van der Waals surface area contributed by atoms with Crippen LogP contribution in [0.15, 0.2) is 34.2 Å². The highest BCUT2D eigenvalue weighted by Crippen LogP contribution is 2.36. The quantitative estimate of drug-likeness (QED) is 0.557. The lowest BCUT2D eigenvalue weighted by molar-refractivity contribution is 0.477. The molecule has 3 rings (SSSR count). The summed E-state index contributed by atoms with van der Waals surface area (Å²) in [6.07, 6.45) is 4.41. The molecule has 1 atom stereocenters. The van der Waals surface area contributed by atoms with E-state index in [0.717, 1.165) is 30.9 Å². The van der Waals surface area contributed by atoms with E-state index < -0.39 is 10.0 Å². The first-order valence-electron chi connectivity index (χ1n) is 9.61. The smallest absolute Gasteiger partial charge is 0.243 e. The van der Waals surface area contributed by atoms with E-state index in [9.17, 15) is 8.42 Å². The third kappa shape index (κ3) is 5.18. The van der Waals surface area contributed by atoms with Gasteiger partial charge in [-0.1, -0.05) is 12.1 Å². The zero-order valence-electron chi connectivity index (χ0n) is 16.2. The van der Waals surface area contributed by atoms with Crippen LogP contribution < -0.4 is 10.6 Å². The van der Waals surface area contributed by atoms with Crippen molar-refractivity contribution in [1.82, 2.24) is 14.9 Å². The molecule has 6 nitrogen and oxygen atoms in total. The molecule has 1 aromatic rings. The van der Waals surface area contributed by atoms with Crippen molar-refractivity contribution in [3.05, 3.63) is 29.8 Å². The molecule has 2 aliphatic heterocycles. The molecule has 1 aromatic carbocycles. The number of nitrogens with one attached hydrogen (secondary N) is 2. The van der Waals surface area contributed by atoms with Gasteiger partial charge in [0.1, 0.15) is 0 Å². The van der Waals surface area contributed by atoms with Gasteiger partial charge < -0.3 is 10.6 Å². The van der Waals surface area contributed by atoms with Gasteiger partial charge in [-0.15, -0.1) is 0 Å². The highest BCUT2D eigenvalue weighted by atomic mass is 32.2. The Morgan fingerprint density at radius 1 is 1.19 bits per heavy atom. The van der Waals surface area contributed by atoms with Crippen LogP contribution in [0.4, 0.5) is 0 Å². The second-order valence-electron chi connectivity index (χ2n) is 7.44. The first-order valence-corrected chi connectivity index (χ1v) is 12.0. The average Bonchev–Trinajstić information content (AvgIpc) is 3.35. The van der Waals surface area contributed by atoms with Gasteiger partial charge in [-0.05, 0) is 56.1 Å². The number of hydrogen-bond acceptors (Lipinski definition) is 4. The third-order valence-electron chi connectivity index (χ3n) is 5.24. The Kier molecular flexibility index (Phi) is 6.70. The molecule has 27 heavy (non-hydrogen) atoms. The molecule has 2 aliphatic rings. The van der Waals surface area contributed by atoms with Crippen LogP contribution in [-0.4, -0.2) is 55.9 Å². The van der Waals surface area contributed by atoms with Gasteiger partial charge in [0.2, 0.25) is 10.0 Å². The third-order valence-corrected chi connectivity index (χ3v) is 8.69. The summed E-state index contributed by atoms with van der Waals surface area (Å²) < 4.78 is 27.0. The van der Waals surface area contributed by atoms with E-state index >= 15 is 0 Å². The Balaban J connectivity index is 1.53. The summed E-state index contributed by atoms with van der Waals surface area (Å²) in [5.41, 5.74) is 1.03. The maximum Gasteiger partial charge on any atom is 0.243 e. The van der Waals surface area contributed by atoms with Crippen molar-refractivity contribution >= 4 is 27.7 Å². The van der Waals surface area contributed by atoms with E-state index in [1.807, 2.05) is 23.9 Å². The molecule has 0 radical (unpaired) electrons. The van der Waals surface area contributed by atoms with Crippen molar-refractivity contribution in [3.63, 3.8) is 0 Å². The molecular formula is C19H30N4O2S2. The minimum atomic E-state index is -3.34. The molecule has 0 saturated carbocycles. The van der Waals surface area contributed by atoms with Crippen LogP contribution in [0.5, 0.6) is 0 Å². The fraction of sp³-hybridized carbons (Fsp3) is 0.632. The Hall–Kier alpha value is -1.25. The summed E-state index contributed by atoms with van der Waals surface area (Å²) >= 11 is 2.02. The van der Waals surface area contributed by atoms with Gasteiger partial charge in [0, 0.05) is 38.0 Å². The zero-order valence-corrected chi connectivity index (χ0v) is 17.8. The zero-order chi connectivity index (χ0) is 19.3. The van der Waals surface area contributed by atoms with Gasteiger partial charge in [-0.2, -0.15) is 16.1 Å². The molecule has 2 heterocycles. The lowest BCUT2D eigenvalue weighted by atomic mass is 10.1. The monoisotopic (exact) mass is 410 g/mol. The minimum absolute atomic E-state index is 0.281. The fourth-order valence-corrected chi connectivity index (χ4v) is 6.27. The van der Waals surface area contributed by atoms with E-state index in [1.54, 1.807) is 23.5 Å². The van der Waals surface area contributed by atoms with Gasteiger partial charge in [0.15, 0.2) is 5.96 Å². The van der Waals surface area contributed by atoms with Crippen LogP contribution in [0, 0.1) is 0 Å². The number of rotatable bonds is 6. The Morgan fingerprint density at radius 2 is 1.89 bits per heavy atom. The number of guanidine groups is 1. The van der Waals surface area contributed by atoms with E-state index in [0.29, 0.717) is 24.5 Å². The molecule has 2 saturated heterocycles. The van der Waals surface area contributed by atoms with Gasteiger partial charge in [0.25, 0.3) is 0 Å². The topological polar surface area (TPSA) is 73.8 Å². The first-order chi connectivity index (χ1) is 12.9. The number of benzene rings is 1. The lowest BCUT2D eigenvalue weighted by Gasteiger charge is -2.24. The predicted octanol–water partition coefficient (Wildman–Crippen LogP) is 2.42. The van der Waals surface area contributed by atoms with Crippen LogP contribution >= 0.6 is 11.8 Å². The SMILES string of the molecule is CN=C(NCc1ccc(S(=O)(=O)N2CCCC2)cc1)NCC1(C)CCCS1. The molecule has 0 amide bonds. The lowest BCUT2D eigenvalue weighted by Crippen LogP contribution is -2.43. The molecule has 2 N–H and O–H groups in total. The molecule has 0 aromatic heterocycles. The normalized spacial score (nSPS) is 24.3. The molecule has 0 aliphatic carbocycles. The predicted molar refractivity (Wildman–Crippen MR) is 113 cm³/mol. The summed E-state index contributed by atoms with van der Waals surface area (Å²) in [5.74, 6) is 2.01. The van der Waals surface area contributed by atoms with Gasteiger partial charge >= 0.3 is 0 Å². The number of nitrogens with zero attached hydrogens (tertiary/aromatic N) is 2. The summed E-state index contributed by atoms with van der Waals surface area (Å²) in [4.78, 5) is 4.66. The molecule has 8 heteroatoms.